The molecule has 9 heteroatoms. The number of amides is 2. The summed E-state index contributed by atoms with van der Waals surface area (Å²) in [7, 11) is 0. The van der Waals surface area contributed by atoms with Gasteiger partial charge in [0.2, 0.25) is 0 Å². The van der Waals surface area contributed by atoms with Gasteiger partial charge in [-0.3, -0.25) is 14.5 Å². The highest BCUT2D eigenvalue weighted by molar-refractivity contribution is 8.27. The first kappa shape index (κ1) is 27.2. The van der Waals surface area contributed by atoms with Crippen LogP contribution in [0, 0.1) is 6.92 Å². The highest BCUT2D eigenvalue weighted by Crippen LogP contribution is 2.37. The van der Waals surface area contributed by atoms with Crippen LogP contribution in [0.2, 0.25) is 0 Å². The number of para-hydroxylation sites is 1. The van der Waals surface area contributed by atoms with Gasteiger partial charge in [-0.15, -0.1) is 0 Å². The van der Waals surface area contributed by atoms with E-state index in [-0.39, 0.29) is 18.4 Å². The summed E-state index contributed by atoms with van der Waals surface area (Å²) in [5.74, 6) is 1.17. The molecule has 0 atom stereocenters. The average Bonchev–Trinajstić information content (AvgIpc) is 3.18. The minimum Gasteiger partial charge on any atom is -0.494 e. The van der Waals surface area contributed by atoms with E-state index >= 15 is 0 Å². The summed E-state index contributed by atoms with van der Waals surface area (Å²) in [4.78, 5) is 27.6. The molecule has 0 bridgehead atoms. The number of nitrogens with one attached hydrogen (secondary N) is 1. The van der Waals surface area contributed by atoms with Crippen LogP contribution in [0.15, 0.2) is 71.6 Å². The molecule has 1 aliphatic rings. The van der Waals surface area contributed by atoms with Gasteiger partial charge in [0, 0.05) is 5.69 Å². The summed E-state index contributed by atoms with van der Waals surface area (Å²) in [6, 6.07) is 20.1. The largest absolute Gasteiger partial charge is 0.494 e. The first-order valence-corrected chi connectivity index (χ1v) is 13.4. The van der Waals surface area contributed by atoms with Crippen LogP contribution >= 0.6 is 24.0 Å². The highest BCUT2D eigenvalue weighted by Gasteiger charge is 2.33. The number of hydrogen-bond acceptors (Lipinski definition) is 7. The van der Waals surface area contributed by atoms with E-state index in [4.69, 9.17) is 26.4 Å². The first-order chi connectivity index (χ1) is 18.4. The van der Waals surface area contributed by atoms with Crippen LogP contribution in [0.1, 0.15) is 25.0 Å². The van der Waals surface area contributed by atoms with Crippen molar-refractivity contribution in [3.63, 3.8) is 0 Å². The van der Waals surface area contributed by atoms with Crippen LogP contribution in [-0.2, 0) is 9.59 Å². The van der Waals surface area contributed by atoms with Crippen molar-refractivity contribution >= 4 is 57.6 Å². The highest BCUT2D eigenvalue weighted by atomic mass is 32.2. The predicted octanol–water partition coefficient (Wildman–Crippen LogP) is 6.22. The molecule has 1 N–H and O–H groups in total. The zero-order valence-electron chi connectivity index (χ0n) is 21.4. The molecule has 0 radical (unpaired) electrons. The minimum absolute atomic E-state index is 0.172. The zero-order chi connectivity index (χ0) is 27.1. The van der Waals surface area contributed by atoms with Gasteiger partial charge in [-0.25, -0.2) is 0 Å². The van der Waals surface area contributed by atoms with Crippen molar-refractivity contribution in [3.8, 4) is 17.2 Å². The van der Waals surface area contributed by atoms with E-state index in [0.717, 1.165) is 22.6 Å². The van der Waals surface area contributed by atoms with Crippen molar-refractivity contribution in [2.24, 2.45) is 0 Å². The molecule has 1 aliphatic heterocycles. The van der Waals surface area contributed by atoms with Gasteiger partial charge in [0.1, 0.15) is 5.75 Å². The van der Waals surface area contributed by atoms with Gasteiger partial charge in [0.15, 0.2) is 22.4 Å². The summed E-state index contributed by atoms with van der Waals surface area (Å²) in [6.45, 7) is 6.51. The third-order valence-corrected chi connectivity index (χ3v) is 6.85. The van der Waals surface area contributed by atoms with Crippen LogP contribution in [0.25, 0.3) is 6.08 Å². The molecule has 196 valence electrons. The van der Waals surface area contributed by atoms with E-state index in [1.807, 2.05) is 69.3 Å². The molecular formula is C29H28N2O5S2. The molecule has 7 nitrogen and oxygen atoms in total. The molecule has 3 aromatic rings. The number of thiocarbonyl (C=S) groups is 1. The van der Waals surface area contributed by atoms with E-state index in [1.165, 1.54) is 16.7 Å². The standard InChI is InChI=1S/C29H28N2O5S2/c1-4-34-22-13-11-21(12-14-22)31-28(33)26(38-29(31)37)17-20-10-15-24(25(16-20)35-5-2)36-18-27(32)30-23-9-7-6-8-19(23)3/h6-17H,4-5,18H2,1-3H3,(H,30,32)/b26-17-. The average molecular weight is 549 g/mol. The van der Waals surface area contributed by atoms with Crippen LogP contribution < -0.4 is 24.4 Å². The van der Waals surface area contributed by atoms with Gasteiger partial charge in [-0.05, 0) is 80.4 Å². The fourth-order valence-electron chi connectivity index (χ4n) is 3.74. The van der Waals surface area contributed by atoms with Gasteiger partial charge in [0.25, 0.3) is 11.8 Å². The lowest BCUT2D eigenvalue weighted by Crippen LogP contribution is -2.27. The van der Waals surface area contributed by atoms with Gasteiger partial charge in [-0.1, -0.05) is 48.2 Å². The molecule has 3 aromatic carbocycles. The molecule has 0 saturated carbocycles. The predicted molar refractivity (Wildman–Crippen MR) is 156 cm³/mol. The molecule has 0 unspecified atom stereocenters. The van der Waals surface area contributed by atoms with Crippen LogP contribution in [0.5, 0.6) is 17.2 Å². The SMILES string of the molecule is CCOc1ccc(N2C(=O)/C(=C/c3ccc(OCC(=O)Nc4ccccc4C)c(OCC)c3)SC2=S)cc1. The number of carbonyl (C=O) groups excluding carboxylic acids is 2. The Bertz CT molecular complexity index is 1370. The Morgan fingerprint density at radius 2 is 1.71 bits per heavy atom. The smallest absolute Gasteiger partial charge is 0.270 e. The molecule has 1 fully saturated rings. The maximum absolute atomic E-state index is 13.2. The summed E-state index contributed by atoms with van der Waals surface area (Å²) in [5, 5.41) is 2.85. The molecule has 0 aromatic heterocycles. The maximum atomic E-state index is 13.2. The van der Waals surface area contributed by atoms with Gasteiger partial charge in [-0.2, -0.15) is 0 Å². The number of carbonyl (C=O) groups is 2. The van der Waals surface area contributed by atoms with Crippen molar-refractivity contribution in [2.45, 2.75) is 20.8 Å². The lowest BCUT2D eigenvalue weighted by molar-refractivity contribution is -0.118. The Morgan fingerprint density at radius 3 is 2.42 bits per heavy atom. The number of ether oxygens (including phenoxy) is 3. The van der Waals surface area contributed by atoms with Crippen LogP contribution in [0.4, 0.5) is 11.4 Å². The Hall–Kier alpha value is -3.82. The second-order valence-corrected chi connectivity index (χ2v) is 9.91. The molecule has 1 saturated heterocycles. The minimum atomic E-state index is -0.274. The fraction of sp³-hybridized carbons (Fsp3) is 0.207. The van der Waals surface area contributed by atoms with E-state index in [2.05, 4.69) is 5.32 Å². The summed E-state index contributed by atoms with van der Waals surface area (Å²) in [5.41, 5.74) is 3.14. The van der Waals surface area contributed by atoms with Crippen molar-refractivity contribution in [1.29, 1.82) is 0 Å². The van der Waals surface area contributed by atoms with Crippen molar-refractivity contribution in [1.82, 2.24) is 0 Å². The maximum Gasteiger partial charge on any atom is 0.270 e. The summed E-state index contributed by atoms with van der Waals surface area (Å²) in [6.07, 6.45) is 1.77. The van der Waals surface area contributed by atoms with E-state index in [0.29, 0.717) is 39.6 Å². The molecule has 4 rings (SSSR count). The molecule has 0 aliphatic carbocycles. The molecular weight excluding hydrogens is 520 g/mol. The second-order valence-electron chi connectivity index (χ2n) is 8.23. The third-order valence-electron chi connectivity index (χ3n) is 5.54. The Balaban J connectivity index is 1.46. The Kier molecular flexibility index (Phi) is 9.04. The first-order valence-electron chi connectivity index (χ1n) is 12.2. The summed E-state index contributed by atoms with van der Waals surface area (Å²) < 4.78 is 17.5. The fourth-order valence-corrected chi connectivity index (χ4v) is 5.04. The number of hydrogen-bond donors (Lipinski definition) is 1. The molecule has 0 spiro atoms. The van der Waals surface area contributed by atoms with Gasteiger partial charge in [0.05, 0.1) is 23.8 Å². The quantitative estimate of drug-likeness (QED) is 0.238. The lowest BCUT2D eigenvalue weighted by atomic mass is 10.1. The third kappa shape index (κ3) is 6.54. The number of nitrogens with zero attached hydrogens (tertiary/aromatic N) is 1. The number of anilines is 2. The Labute approximate surface area is 231 Å². The summed E-state index contributed by atoms with van der Waals surface area (Å²) >= 11 is 6.73. The normalized spacial score (nSPS) is 14.1. The molecule has 1 heterocycles. The second kappa shape index (κ2) is 12.6. The van der Waals surface area contributed by atoms with E-state index in [1.54, 1.807) is 24.3 Å². The van der Waals surface area contributed by atoms with Crippen LogP contribution in [-0.4, -0.2) is 36.0 Å². The van der Waals surface area contributed by atoms with Crippen molar-refractivity contribution in [2.75, 3.05) is 30.0 Å². The van der Waals surface area contributed by atoms with Gasteiger partial charge >= 0.3 is 0 Å². The topological polar surface area (TPSA) is 77.1 Å². The van der Waals surface area contributed by atoms with Gasteiger partial charge < -0.3 is 19.5 Å². The Morgan fingerprint density at radius 1 is 0.974 bits per heavy atom. The zero-order valence-corrected chi connectivity index (χ0v) is 23.0. The number of rotatable bonds is 10. The molecule has 2 amide bonds. The lowest BCUT2D eigenvalue weighted by Gasteiger charge is -2.15. The monoisotopic (exact) mass is 548 g/mol. The number of aryl methyl sites for hydroxylation is 1. The van der Waals surface area contributed by atoms with E-state index < -0.39 is 0 Å². The van der Waals surface area contributed by atoms with Crippen LogP contribution in [0.3, 0.4) is 0 Å². The van der Waals surface area contributed by atoms with E-state index in [9.17, 15) is 9.59 Å². The van der Waals surface area contributed by atoms with Crippen molar-refractivity contribution in [3.05, 3.63) is 82.8 Å². The number of thioether (sulfide) groups is 1. The molecule has 38 heavy (non-hydrogen) atoms. The van der Waals surface area contributed by atoms with Crippen molar-refractivity contribution < 1.29 is 23.8 Å². The number of benzene rings is 3.